The fraction of sp³-hybridized carbons (Fsp3) is 0.136. The minimum Gasteiger partial charge on any atom is -0.488 e. The SMILES string of the molecule is Cc1ccc(N=Cc2cc(Br)ccc2OCc2ccc(Cl)cc2)cc1C. The molecule has 0 unspecified atom stereocenters. The van der Waals surface area contributed by atoms with Crippen LogP contribution in [0.2, 0.25) is 5.02 Å². The second-order valence-electron chi connectivity index (χ2n) is 6.12. The number of nitrogens with zero attached hydrogens (tertiary/aromatic N) is 1. The predicted octanol–water partition coefficient (Wildman–Crippen LogP) is 7.05. The Morgan fingerprint density at radius 2 is 1.73 bits per heavy atom. The lowest BCUT2D eigenvalue weighted by Crippen LogP contribution is -1.98. The van der Waals surface area contributed by atoms with Crippen LogP contribution in [-0.4, -0.2) is 6.21 Å². The van der Waals surface area contributed by atoms with Gasteiger partial charge < -0.3 is 4.74 Å². The first kappa shape index (κ1) is 18.7. The Bertz CT molecular complexity index is 935. The average molecular weight is 429 g/mol. The van der Waals surface area contributed by atoms with Gasteiger partial charge in [0.1, 0.15) is 12.4 Å². The fourth-order valence-corrected chi connectivity index (χ4v) is 2.95. The van der Waals surface area contributed by atoms with Gasteiger partial charge in [-0.1, -0.05) is 45.7 Å². The van der Waals surface area contributed by atoms with Crippen molar-refractivity contribution in [1.82, 2.24) is 0 Å². The molecule has 0 aliphatic heterocycles. The van der Waals surface area contributed by atoms with E-state index in [-0.39, 0.29) is 0 Å². The number of rotatable bonds is 5. The lowest BCUT2D eigenvalue weighted by Gasteiger charge is -2.10. The van der Waals surface area contributed by atoms with Gasteiger partial charge in [-0.25, -0.2) is 0 Å². The van der Waals surface area contributed by atoms with Gasteiger partial charge in [-0.2, -0.15) is 0 Å². The summed E-state index contributed by atoms with van der Waals surface area (Å²) in [4.78, 5) is 4.60. The first-order chi connectivity index (χ1) is 12.5. The molecule has 3 rings (SSSR count). The van der Waals surface area contributed by atoms with E-state index in [1.165, 1.54) is 11.1 Å². The zero-order valence-electron chi connectivity index (χ0n) is 14.7. The van der Waals surface area contributed by atoms with Crippen LogP contribution in [-0.2, 0) is 6.61 Å². The quantitative estimate of drug-likeness (QED) is 0.399. The average Bonchev–Trinajstić information content (AvgIpc) is 2.63. The molecule has 0 fully saturated rings. The third-order valence-electron chi connectivity index (χ3n) is 4.12. The first-order valence-electron chi connectivity index (χ1n) is 8.29. The van der Waals surface area contributed by atoms with Crippen molar-refractivity contribution in [3.8, 4) is 5.75 Å². The van der Waals surface area contributed by atoms with E-state index in [4.69, 9.17) is 16.3 Å². The van der Waals surface area contributed by atoms with Gasteiger partial charge in [-0.05, 0) is 73.0 Å². The van der Waals surface area contributed by atoms with E-state index in [1.54, 1.807) is 0 Å². The molecule has 0 aromatic heterocycles. The van der Waals surface area contributed by atoms with E-state index < -0.39 is 0 Å². The monoisotopic (exact) mass is 427 g/mol. The van der Waals surface area contributed by atoms with E-state index >= 15 is 0 Å². The molecule has 0 N–H and O–H groups in total. The van der Waals surface area contributed by atoms with Crippen LogP contribution in [0.15, 0.2) is 70.1 Å². The molecule has 0 spiro atoms. The number of benzene rings is 3. The van der Waals surface area contributed by atoms with Crippen molar-refractivity contribution in [3.63, 3.8) is 0 Å². The molecule has 3 aromatic carbocycles. The van der Waals surface area contributed by atoms with Crippen LogP contribution in [0.3, 0.4) is 0 Å². The molecule has 26 heavy (non-hydrogen) atoms. The number of ether oxygens (including phenoxy) is 1. The van der Waals surface area contributed by atoms with Crippen molar-refractivity contribution < 1.29 is 4.74 Å². The van der Waals surface area contributed by atoms with Gasteiger partial charge in [0.05, 0.1) is 5.69 Å². The summed E-state index contributed by atoms with van der Waals surface area (Å²) in [5.41, 5.74) is 5.41. The summed E-state index contributed by atoms with van der Waals surface area (Å²) in [6.45, 7) is 4.66. The van der Waals surface area contributed by atoms with E-state index in [9.17, 15) is 0 Å². The highest BCUT2D eigenvalue weighted by atomic mass is 79.9. The Morgan fingerprint density at radius 1 is 0.962 bits per heavy atom. The summed E-state index contributed by atoms with van der Waals surface area (Å²) in [6, 6.07) is 19.7. The van der Waals surface area contributed by atoms with Crippen molar-refractivity contribution in [2.45, 2.75) is 20.5 Å². The fourth-order valence-electron chi connectivity index (χ4n) is 2.44. The number of hydrogen-bond acceptors (Lipinski definition) is 2. The van der Waals surface area contributed by atoms with Crippen molar-refractivity contribution in [1.29, 1.82) is 0 Å². The highest BCUT2D eigenvalue weighted by Gasteiger charge is 2.04. The van der Waals surface area contributed by atoms with Crippen LogP contribution in [0.4, 0.5) is 5.69 Å². The lowest BCUT2D eigenvalue weighted by molar-refractivity contribution is 0.306. The van der Waals surface area contributed by atoms with Crippen LogP contribution < -0.4 is 4.74 Å². The highest BCUT2D eigenvalue weighted by molar-refractivity contribution is 9.10. The summed E-state index contributed by atoms with van der Waals surface area (Å²) in [5, 5.41) is 0.721. The molecule has 132 valence electrons. The Balaban J connectivity index is 1.79. The summed E-state index contributed by atoms with van der Waals surface area (Å²) in [6.07, 6.45) is 1.84. The maximum absolute atomic E-state index is 5.99. The standard InChI is InChI=1S/C22H19BrClNO/c1-15-3-9-21(11-16(15)2)25-13-18-12-19(23)6-10-22(18)26-14-17-4-7-20(24)8-5-17/h3-13H,14H2,1-2H3. The molecular formula is C22H19BrClNO. The molecule has 0 heterocycles. The maximum Gasteiger partial charge on any atom is 0.128 e. The molecule has 0 aliphatic carbocycles. The van der Waals surface area contributed by atoms with Gasteiger partial charge in [-0.3, -0.25) is 4.99 Å². The molecule has 3 aromatic rings. The zero-order valence-corrected chi connectivity index (χ0v) is 17.0. The van der Waals surface area contributed by atoms with E-state index in [0.29, 0.717) is 6.61 Å². The number of hydrogen-bond donors (Lipinski definition) is 0. The second-order valence-corrected chi connectivity index (χ2v) is 7.48. The molecule has 2 nitrogen and oxygen atoms in total. The van der Waals surface area contributed by atoms with E-state index in [1.807, 2.05) is 54.7 Å². The second kappa shape index (κ2) is 8.52. The Morgan fingerprint density at radius 3 is 2.46 bits per heavy atom. The van der Waals surface area contributed by atoms with Gasteiger partial charge in [0.25, 0.3) is 0 Å². The van der Waals surface area contributed by atoms with Gasteiger partial charge in [0.2, 0.25) is 0 Å². The molecule has 0 atom stereocenters. The topological polar surface area (TPSA) is 21.6 Å². The smallest absolute Gasteiger partial charge is 0.128 e. The molecular weight excluding hydrogens is 410 g/mol. The van der Waals surface area contributed by atoms with Crippen molar-refractivity contribution in [2.24, 2.45) is 4.99 Å². The van der Waals surface area contributed by atoms with Crippen molar-refractivity contribution in [2.75, 3.05) is 0 Å². The first-order valence-corrected chi connectivity index (χ1v) is 9.46. The third kappa shape index (κ3) is 4.96. The van der Waals surface area contributed by atoms with Gasteiger partial charge in [0, 0.05) is 21.3 Å². The largest absolute Gasteiger partial charge is 0.488 e. The molecule has 0 bridgehead atoms. The summed E-state index contributed by atoms with van der Waals surface area (Å²) >= 11 is 9.44. The summed E-state index contributed by atoms with van der Waals surface area (Å²) in [7, 11) is 0. The summed E-state index contributed by atoms with van der Waals surface area (Å²) in [5.74, 6) is 0.788. The predicted molar refractivity (Wildman–Crippen MR) is 113 cm³/mol. The highest BCUT2D eigenvalue weighted by Crippen LogP contribution is 2.24. The van der Waals surface area contributed by atoms with Crippen LogP contribution in [0.25, 0.3) is 0 Å². The van der Waals surface area contributed by atoms with E-state index in [2.05, 4.69) is 46.9 Å². The Kier molecular flexibility index (Phi) is 6.12. The van der Waals surface area contributed by atoms with Crippen LogP contribution in [0.1, 0.15) is 22.3 Å². The zero-order chi connectivity index (χ0) is 18.5. The Hall–Kier alpha value is -2.10. The van der Waals surface area contributed by atoms with Crippen molar-refractivity contribution >= 4 is 39.4 Å². The van der Waals surface area contributed by atoms with Gasteiger partial charge in [-0.15, -0.1) is 0 Å². The van der Waals surface area contributed by atoms with Crippen molar-refractivity contribution in [3.05, 3.63) is 92.4 Å². The van der Waals surface area contributed by atoms with Crippen LogP contribution in [0, 0.1) is 13.8 Å². The molecule has 0 saturated heterocycles. The normalized spacial score (nSPS) is 11.1. The molecule has 0 aliphatic rings. The minimum absolute atomic E-state index is 0.475. The lowest BCUT2D eigenvalue weighted by atomic mass is 10.1. The Labute approximate surface area is 167 Å². The molecule has 0 amide bonds. The van der Waals surface area contributed by atoms with Crippen LogP contribution in [0.5, 0.6) is 5.75 Å². The van der Waals surface area contributed by atoms with Gasteiger partial charge >= 0.3 is 0 Å². The summed E-state index contributed by atoms with van der Waals surface area (Å²) < 4.78 is 6.98. The molecule has 0 radical (unpaired) electrons. The van der Waals surface area contributed by atoms with Crippen LogP contribution >= 0.6 is 27.5 Å². The number of aliphatic imine (C=N–C) groups is 1. The number of aryl methyl sites for hydroxylation is 2. The van der Waals surface area contributed by atoms with E-state index in [0.717, 1.165) is 32.1 Å². The number of halogens is 2. The molecule has 4 heteroatoms. The molecule has 0 saturated carbocycles. The van der Waals surface area contributed by atoms with Gasteiger partial charge in [0.15, 0.2) is 0 Å². The minimum atomic E-state index is 0.475. The third-order valence-corrected chi connectivity index (χ3v) is 4.87. The maximum atomic E-state index is 5.99.